The van der Waals surface area contributed by atoms with Gasteiger partial charge in [0.05, 0.1) is 11.2 Å². The van der Waals surface area contributed by atoms with Crippen molar-refractivity contribution in [1.82, 2.24) is 0 Å². The fourth-order valence-corrected chi connectivity index (χ4v) is 8.31. The number of carbonyl (C=O) groups is 4. The molecule has 68 heavy (non-hydrogen) atoms. The molecule has 6 N–H and O–H groups in total. The van der Waals surface area contributed by atoms with Crippen LogP contribution in [-0.4, -0.2) is 118 Å². The van der Waals surface area contributed by atoms with Crippen molar-refractivity contribution < 1.29 is 76.9 Å². The molecule has 8 atom stereocenters. The molecule has 0 radical (unpaired) electrons. The summed E-state index contributed by atoms with van der Waals surface area (Å²) in [6, 6.07) is 8.94. The van der Waals surface area contributed by atoms with E-state index in [9.17, 15) is 49.2 Å². The quantitative estimate of drug-likeness (QED) is 0.0359. The highest BCUT2D eigenvalue weighted by Crippen LogP contribution is 2.37. The Labute approximate surface area is 390 Å². The Morgan fingerprint density at radius 3 is 1.34 bits per heavy atom. The first-order valence-electron chi connectivity index (χ1n) is 22.0. The lowest BCUT2D eigenvalue weighted by atomic mass is 9.89. The Morgan fingerprint density at radius 2 is 0.985 bits per heavy atom. The summed E-state index contributed by atoms with van der Waals surface area (Å²) in [4.78, 5) is 76.4. The summed E-state index contributed by atoms with van der Waals surface area (Å²) in [5.74, 6) is -3.09. The van der Waals surface area contributed by atoms with Crippen LogP contribution in [0, 0.1) is 13.8 Å². The Kier molecular flexibility index (Phi) is 16.1. The smallest absolute Gasteiger partial charge is 0.360 e. The molecule has 0 bridgehead atoms. The molecule has 2 fully saturated rings. The normalized spacial score (nSPS) is 24.5. The summed E-state index contributed by atoms with van der Waals surface area (Å²) in [6.07, 6.45) is -4.88. The number of aliphatic hydroxyl groups is 4. The number of Topliss-reactive ketones (excluding diaryl/α,β-unsaturated/α-hetero) is 2. The summed E-state index contributed by atoms with van der Waals surface area (Å²) in [5.41, 5.74) is -3.30. The minimum atomic E-state index is -1.45. The lowest BCUT2D eigenvalue weighted by molar-refractivity contribution is -0.306. The van der Waals surface area contributed by atoms with Crippen LogP contribution < -0.4 is 31.4 Å². The molecule has 2 aromatic heterocycles. The highest BCUT2D eigenvalue weighted by atomic mass is 16.7. The number of rotatable bonds is 18. The molecule has 4 heterocycles. The summed E-state index contributed by atoms with van der Waals surface area (Å²) >= 11 is 0. The number of carbonyl (C=O) groups excluding carboxylic acids is 4. The van der Waals surface area contributed by atoms with Crippen LogP contribution in [0.5, 0.6) is 11.5 Å². The standard InChI is InChI=1S/C48H58N2O18/c1-23-31(63-45-35(55)33(53)39(61-7)47(3,4)67-45)19-17-25-21-27(43(59)65-37(23)25)49-41(57)29(51)15-13-11-9-10-12-14-16-30(52)42(58)50-28-22-26-18-20-32(24(2)38(26)66-44(28)60)64-46-36(56)34(54)40(62-8)48(5,6)68-46/h9-10,17-22,33-36,39-40,45-46,53-56H,11-16H2,1-8H3,(H,49,57)(H,50,58)/b10-9+/t33-,34-,35+,36+,39+,40+,45+,46+/m0/s1. The van der Waals surface area contributed by atoms with Crippen molar-refractivity contribution in [3.63, 3.8) is 0 Å². The number of fused-ring (bicyclic) bond motifs is 2. The van der Waals surface area contributed by atoms with E-state index in [2.05, 4.69) is 10.6 Å². The number of ether oxygens (including phenoxy) is 6. The van der Waals surface area contributed by atoms with Gasteiger partial charge in [0.2, 0.25) is 24.1 Å². The first-order valence-corrected chi connectivity index (χ1v) is 22.0. The minimum Gasteiger partial charge on any atom is -0.462 e. The van der Waals surface area contributed by atoms with Gasteiger partial charge in [-0.1, -0.05) is 12.2 Å². The van der Waals surface area contributed by atoms with Gasteiger partial charge in [0.1, 0.15) is 70.7 Å². The fourth-order valence-electron chi connectivity index (χ4n) is 8.31. The number of allylic oxidation sites excluding steroid dienone is 2. The van der Waals surface area contributed by atoms with Gasteiger partial charge in [-0.2, -0.15) is 0 Å². The molecule has 20 nitrogen and oxygen atoms in total. The van der Waals surface area contributed by atoms with Gasteiger partial charge in [0.25, 0.3) is 11.8 Å². The molecule has 2 saturated heterocycles. The lowest BCUT2D eigenvalue weighted by Gasteiger charge is -2.46. The van der Waals surface area contributed by atoms with Crippen LogP contribution in [0.4, 0.5) is 11.4 Å². The van der Waals surface area contributed by atoms with Crippen LogP contribution in [-0.2, 0) is 38.1 Å². The maximum atomic E-state index is 12.9. The third-order valence-corrected chi connectivity index (χ3v) is 12.0. The Bertz CT molecular complexity index is 2510. The molecule has 0 aliphatic carbocycles. The van der Waals surface area contributed by atoms with Gasteiger partial charge in [0, 0.05) is 49.0 Å². The van der Waals surface area contributed by atoms with E-state index in [-0.39, 0.29) is 46.9 Å². The van der Waals surface area contributed by atoms with Crippen molar-refractivity contribution in [3.05, 3.63) is 80.5 Å². The van der Waals surface area contributed by atoms with Gasteiger partial charge < -0.3 is 68.3 Å². The number of hydrogen-bond acceptors (Lipinski definition) is 18. The van der Waals surface area contributed by atoms with Gasteiger partial charge in [-0.15, -0.1) is 0 Å². The Balaban J connectivity index is 0.923. The zero-order valence-electron chi connectivity index (χ0n) is 39.0. The summed E-state index contributed by atoms with van der Waals surface area (Å²) in [6.45, 7) is 9.97. The maximum Gasteiger partial charge on any atom is 0.360 e. The predicted octanol–water partition coefficient (Wildman–Crippen LogP) is 3.63. The molecule has 0 spiro atoms. The van der Waals surface area contributed by atoms with E-state index in [1.54, 1.807) is 78.0 Å². The number of nitrogens with one attached hydrogen (secondary N) is 2. The number of anilines is 2. The van der Waals surface area contributed by atoms with Gasteiger partial charge in [-0.3, -0.25) is 19.2 Å². The second-order valence-electron chi connectivity index (χ2n) is 17.8. The highest BCUT2D eigenvalue weighted by Gasteiger charge is 2.52. The number of unbranched alkanes of at least 4 members (excludes halogenated alkanes) is 2. The average molecular weight is 951 g/mol. The van der Waals surface area contributed by atoms with Gasteiger partial charge in [-0.05, 0) is 104 Å². The van der Waals surface area contributed by atoms with Crippen molar-refractivity contribution in [3.8, 4) is 11.5 Å². The monoisotopic (exact) mass is 950 g/mol. The average Bonchev–Trinajstić information content (AvgIpc) is 3.28. The molecule has 2 amide bonds. The van der Waals surface area contributed by atoms with Crippen molar-refractivity contribution in [1.29, 1.82) is 0 Å². The Morgan fingerprint density at radius 1 is 0.618 bits per heavy atom. The molecule has 20 heteroatoms. The number of aryl methyl sites for hydroxylation is 2. The topological polar surface area (TPSA) is 289 Å². The molecule has 2 aliphatic heterocycles. The van der Waals surface area contributed by atoms with Crippen molar-refractivity contribution in [2.45, 2.75) is 140 Å². The van der Waals surface area contributed by atoms with Crippen LogP contribution in [0.2, 0.25) is 0 Å². The SMILES string of the molecule is CO[C@@H]1[C@@H](O)[C@@H](O)[C@H](Oc2ccc3cc(NC(=O)C(=O)CCC/C=C/CCCC(=O)C(=O)Nc4cc5ccc(O[C@@H]6OC(C)(C)[C@H](OC)[C@@H](O)[C@H]6O)c(C)c5oc4=O)c(=O)oc3c2C)OC1(C)C. The van der Waals surface area contributed by atoms with Crippen LogP contribution in [0.15, 0.2) is 67.0 Å². The predicted molar refractivity (Wildman–Crippen MR) is 243 cm³/mol. The molecule has 2 aliphatic rings. The largest absolute Gasteiger partial charge is 0.462 e. The van der Waals surface area contributed by atoms with Crippen molar-refractivity contribution in [2.24, 2.45) is 0 Å². The van der Waals surface area contributed by atoms with Gasteiger partial charge in [0.15, 0.2) is 0 Å². The van der Waals surface area contributed by atoms with E-state index >= 15 is 0 Å². The van der Waals surface area contributed by atoms with Crippen LogP contribution in [0.1, 0.15) is 77.3 Å². The van der Waals surface area contributed by atoms with Crippen molar-refractivity contribution in [2.75, 3.05) is 24.9 Å². The highest BCUT2D eigenvalue weighted by molar-refractivity contribution is 6.41. The van der Waals surface area contributed by atoms with E-state index in [0.717, 1.165) is 0 Å². The second kappa shape index (κ2) is 21.2. The zero-order chi connectivity index (χ0) is 49.8. The van der Waals surface area contributed by atoms with E-state index < -0.39 is 95.0 Å². The number of amides is 2. The molecular formula is C48H58N2O18. The Hall–Kier alpha value is -5.84. The molecule has 6 rings (SSSR count). The number of ketones is 2. The molecule has 0 saturated carbocycles. The van der Waals surface area contributed by atoms with E-state index in [4.69, 9.17) is 37.3 Å². The third-order valence-electron chi connectivity index (χ3n) is 12.0. The summed E-state index contributed by atoms with van der Waals surface area (Å²) < 4.78 is 45.2. The summed E-state index contributed by atoms with van der Waals surface area (Å²) in [5, 5.41) is 47.9. The van der Waals surface area contributed by atoms with E-state index in [1.807, 2.05) is 0 Å². The molecule has 2 aromatic carbocycles. The first kappa shape index (κ1) is 51.5. The fraction of sp³-hybridized carbons (Fsp3) is 0.500. The molecule has 0 unspecified atom stereocenters. The lowest BCUT2D eigenvalue weighted by Crippen LogP contribution is -2.63. The van der Waals surface area contributed by atoms with E-state index in [0.29, 0.717) is 47.6 Å². The first-order chi connectivity index (χ1) is 32.1. The minimum absolute atomic E-state index is 0.116. The number of benzene rings is 2. The van der Waals surface area contributed by atoms with Crippen molar-refractivity contribution >= 4 is 56.7 Å². The molecular weight excluding hydrogens is 893 g/mol. The number of aliphatic hydroxyl groups excluding tert-OH is 4. The third kappa shape index (κ3) is 11.2. The number of methoxy groups -OCH3 is 2. The second-order valence-corrected chi connectivity index (χ2v) is 17.8. The molecule has 4 aromatic rings. The van der Waals surface area contributed by atoms with Crippen LogP contribution in [0.25, 0.3) is 21.9 Å². The van der Waals surface area contributed by atoms with Gasteiger partial charge in [-0.25, -0.2) is 9.59 Å². The zero-order valence-corrected chi connectivity index (χ0v) is 39.0. The summed E-state index contributed by atoms with van der Waals surface area (Å²) in [7, 11) is 2.79. The number of hydrogen-bond donors (Lipinski definition) is 6. The van der Waals surface area contributed by atoms with E-state index in [1.165, 1.54) is 26.4 Å². The molecule has 368 valence electrons. The maximum absolute atomic E-state index is 12.9. The van der Waals surface area contributed by atoms with Crippen LogP contribution >= 0.6 is 0 Å². The van der Waals surface area contributed by atoms with Crippen LogP contribution in [0.3, 0.4) is 0 Å². The van der Waals surface area contributed by atoms with Gasteiger partial charge >= 0.3 is 11.3 Å².